The molecule has 0 spiro atoms. The van der Waals surface area contributed by atoms with E-state index in [-0.39, 0.29) is 5.69 Å². The van der Waals surface area contributed by atoms with Crippen LogP contribution in [0.5, 0.6) is 0 Å². The van der Waals surface area contributed by atoms with Gasteiger partial charge in [-0.25, -0.2) is 17.2 Å². The second-order valence-electron chi connectivity index (χ2n) is 4.65. The summed E-state index contributed by atoms with van der Waals surface area (Å²) in [4.78, 5) is 4.12. The summed E-state index contributed by atoms with van der Waals surface area (Å²) >= 11 is 0. The summed E-state index contributed by atoms with van der Waals surface area (Å²) in [6, 6.07) is 6.43. The summed E-state index contributed by atoms with van der Waals surface area (Å²) in [5.41, 5.74) is 1.04. The number of anilines is 1. The first-order valence-electron chi connectivity index (χ1n) is 6.16. The van der Waals surface area contributed by atoms with Crippen LogP contribution in [0.4, 0.5) is 14.5 Å². The van der Waals surface area contributed by atoms with E-state index >= 15 is 0 Å². The van der Waals surface area contributed by atoms with E-state index in [1.165, 1.54) is 6.07 Å². The zero-order valence-corrected chi connectivity index (χ0v) is 12.3. The molecule has 0 aliphatic carbocycles. The Balaban J connectivity index is 2.27. The molecule has 2 aromatic rings. The summed E-state index contributed by atoms with van der Waals surface area (Å²) in [6.45, 7) is 3.43. The van der Waals surface area contributed by atoms with Gasteiger partial charge in [0.25, 0.3) is 0 Å². The number of sulfonamides is 1. The van der Waals surface area contributed by atoms with E-state index in [0.29, 0.717) is 5.69 Å². The van der Waals surface area contributed by atoms with Crippen LogP contribution in [0.2, 0.25) is 0 Å². The molecule has 0 atom stereocenters. The van der Waals surface area contributed by atoms with Crippen molar-refractivity contribution in [2.45, 2.75) is 19.6 Å². The summed E-state index contributed by atoms with van der Waals surface area (Å²) in [7, 11) is -3.94. The highest BCUT2D eigenvalue weighted by molar-refractivity contribution is 7.91. The average molecular weight is 312 g/mol. The maximum atomic E-state index is 13.5. The maximum Gasteiger partial charge on any atom is 0.237 e. The van der Waals surface area contributed by atoms with Crippen molar-refractivity contribution in [1.82, 2.24) is 4.98 Å². The van der Waals surface area contributed by atoms with Crippen LogP contribution in [0.15, 0.2) is 30.3 Å². The minimum atomic E-state index is -3.94. The van der Waals surface area contributed by atoms with Crippen LogP contribution < -0.4 is 4.72 Å². The lowest BCUT2D eigenvalue weighted by molar-refractivity contribution is 0.557. The first kappa shape index (κ1) is 15.4. The van der Waals surface area contributed by atoms with E-state index in [1.807, 2.05) is 0 Å². The van der Waals surface area contributed by atoms with Gasteiger partial charge in [-0.05, 0) is 38.1 Å². The molecule has 0 aliphatic rings. The van der Waals surface area contributed by atoms with Crippen LogP contribution in [0.3, 0.4) is 0 Å². The van der Waals surface area contributed by atoms with E-state index in [2.05, 4.69) is 9.71 Å². The lowest BCUT2D eigenvalue weighted by Crippen LogP contribution is -2.17. The Hall–Kier alpha value is -2.02. The van der Waals surface area contributed by atoms with Gasteiger partial charge < -0.3 is 0 Å². The number of pyridine rings is 1. The van der Waals surface area contributed by atoms with Crippen LogP contribution in [-0.4, -0.2) is 13.4 Å². The van der Waals surface area contributed by atoms with E-state index in [0.717, 1.165) is 17.8 Å². The monoisotopic (exact) mass is 312 g/mol. The van der Waals surface area contributed by atoms with Gasteiger partial charge in [0.2, 0.25) is 10.0 Å². The Morgan fingerprint density at radius 3 is 2.29 bits per heavy atom. The summed E-state index contributed by atoms with van der Waals surface area (Å²) in [5.74, 6) is -2.56. The van der Waals surface area contributed by atoms with Gasteiger partial charge in [0.1, 0.15) is 17.4 Å². The number of benzene rings is 1. The molecular weight excluding hydrogens is 298 g/mol. The van der Waals surface area contributed by atoms with Gasteiger partial charge in [-0.1, -0.05) is 6.07 Å². The quantitative estimate of drug-likeness (QED) is 0.944. The molecule has 0 aliphatic heterocycles. The second kappa shape index (κ2) is 5.77. The minimum Gasteiger partial charge on any atom is -0.281 e. The molecule has 112 valence electrons. The Kier molecular flexibility index (Phi) is 4.22. The molecule has 21 heavy (non-hydrogen) atoms. The molecule has 0 unspecified atom stereocenters. The van der Waals surface area contributed by atoms with E-state index in [9.17, 15) is 17.2 Å². The highest BCUT2D eigenvalue weighted by Gasteiger charge is 2.19. The maximum absolute atomic E-state index is 13.5. The van der Waals surface area contributed by atoms with E-state index in [4.69, 9.17) is 0 Å². The number of nitrogens with one attached hydrogen (secondary N) is 1. The van der Waals surface area contributed by atoms with Crippen molar-refractivity contribution in [3.63, 3.8) is 0 Å². The molecule has 0 saturated carbocycles. The van der Waals surface area contributed by atoms with Gasteiger partial charge in [-0.3, -0.25) is 9.71 Å². The standard InChI is InChI=1S/C14H14F2N2O2S/c1-9-6-7-14(10(2)17-9)18-21(19,20)8-11-12(15)4-3-5-13(11)16/h3-7,18H,8H2,1-2H3. The molecule has 0 saturated heterocycles. The number of halogens is 2. The molecule has 1 heterocycles. The summed E-state index contributed by atoms with van der Waals surface area (Å²) in [5, 5.41) is 0. The Morgan fingerprint density at radius 2 is 1.71 bits per heavy atom. The van der Waals surface area contributed by atoms with E-state index in [1.54, 1.807) is 26.0 Å². The highest BCUT2D eigenvalue weighted by atomic mass is 32.2. The van der Waals surface area contributed by atoms with Crippen molar-refractivity contribution in [3.05, 3.63) is 58.9 Å². The molecular formula is C14H14F2N2O2S. The van der Waals surface area contributed by atoms with Gasteiger partial charge >= 0.3 is 0 Å². The number of hydrogen-bond donors (Lipinski definition) is 1. The fraction of sp³-hybridized carbons (Fsp3) is 0.214. The number of aryl methyl sites for hydroxylation is 2. The normalized spacial score (nSPS) is 11.4. The molecule has 0 fully saturated rings. The van der Waals surface area contributed by atoms with Crippen LogP contribution >= 0.6 is 0 Å². The Bertz CT molecular complexity index is 756. The smallest absolute Gasteiger partial charge is 0.237 e. The van der Waals surface area contributed by atoms with Gasteiger partial charge in [-0.15, -0.1) is 0 Å². The van der Waals surface area contributed by atoms with Gasteiger partial charge in [0.05, 0.1) is 11.4 Å². The molecule has 0 radical (unpaired) electrons. The van der Waals surface area contributed by atoms with Crippen LogP contribution in [-0.2, 0) is 15.8 Å². The van der Waals surface area contributed by atoms with Crippen molar-refractivity contribution in [2.75, 3.05) is 4.72 Å². The zero-order valence-electron chi connectivity index (χ0n) is 11.5. The first-order valence-corrected chi connectivity index (χ1v) is 7.81. The molecule has 1 N–H and O–H groups in total. The predicted octanol–water partition coefficient (Wildman–Crippen LogP) is 2.92. The molecule has 2 rings (SSSR count). The molecule has 7 heteroatoms. The second-order valence-corrected chi connectivity index (χ2v) is 6.37. The van der Waals surface area contributed by atoms with Crippen molar-refractivity contribution in [1.29, 1.82) is 0 Å². The third-order valence-corrected chi connectivity index (χ3v) is 4.09. The van der Waals surface area contributed by atoms with Crippen LogP contribution in [0, 0.1) is 25.5 Å². The fourth-order valence-corrected chi connectivity index (χ4v) is 3.14. The van der Waals surface area contributed by atoms with Gasteiger partial charge in [-0.2, -0.15) is 0 Å². The fourth-order valence-electron chi connectivity index (χ4n) is 1.86. The molecule has 0 bridgehead atoms. The highest BCUT2D eigenvalue weighted by Crippen LogP contribution is 2.19. The van der Waals surface area contributed by atoms with Crippen LogP contribution in [0.1, 0.15) is 17.0 Å². The zero-order chi connectivity index (χ0) is 15.6. The van der Waals surface area contributed by atoms with E-state index < -0.39 is 33.0 Å². The largest absolute Gasteiger partial charge is 0.281 e. The SMILES string of the molecule is Cc1ccc(NS(=O)(=O)Cc2c(F)cccc2F)c(C)n1. The lowest BCUT2D eigenvalue weighted by Gasteiger charge is -2.11. The average Bonchev–Trinajstić information content (AvgIpc) is 2.37. The summed E-state index contributed by atoms with van der Waals surface area (Å²) < 4.78 is 53.4. The Labute approximate surface area is 121 Å². The number of nitrogens with zero attached hydrogens (tertiary/aromatic N) is 1. The van der Waals surface area contributed by atoms with Crippen molar-refractivity contribution in [3.8, 4) is 0 Å². The molecule has 0 amide bonds. The number of aromatic nitrogens is 1. The molecule has 1 aromatic carbocycles. The van der Waals surface area contributed by atoms with Gasteiger partial charge in [0, 0.05) is 11.3 Å². The van der Waals surface area contributed by atoms with Crippen molar-refractivity contribution in [2.24, 2.45) is 0 Å². The van der Waals surface area contributed by atoms with Crippen molar-refractivity contribution < 1.29 is 17.2 Å². The summed E-state index contributed by atoms with van der Waals surface area (Å²) in [6.07, 6.45) is 0. The number of hydrogen-bond acceptors (Lipinski definition) is 3. The molecule has 1 aromatic heterocycles. The Morgan fingerprint density at radius 1 is 1.10 bits per heavy atom. The predicted molar refractivity (Wildman–Crippen MR) is 76.3 cm³/mol. The number of rotatable bonds is 4. The van der Waals surface area contributed by atoms with Crippen LogP contribution in [0.25, 0.3) is 0 Å². The minimum absolute atomic E-state index is 0.289. The topological polar surface area (TPSA) is 59.1 Å². The lowest BCUT2D eigenvalue weighted by atomic mass is 10.2. The van der Waals surface area contributed by atoms with Crippen molar-refractivity contribution >= 4 is 15.7 Å². The third-order valence-electron chi connectivity index (χ3n) is 2.89. The molecule has 4 nitrogen and oxygen atoms in total. The first-order chi connectivity index (χ1) is 9.78. The van der Waals surface area contributed by atoms with Gasteiger partial charge in [0.15, 0.2) is 0 Å². The third kappa shape index (κ3) is 3.75.